The molecule has 0 aromatic heterocycles. The summed E-state index contributed by atoms with van der Waals surface area (Å²) < 4.78 is 11.6. The Balaban J connectivity index is 1.48. The molecule has 0 saturated carbocycles. The van der Waals surface area contributed by atoms with Crippen LogP contribution in [0.15, 0.2) is 78.9 Å². The second-order valence-electron chi connectivity index (χ2n) is 6.20. The summed E-state index contributed by atoms with van der Waals surface area (Å²) in [6.07, 6.45) is 3.09. The molecule has 0 atom stereocenters. The van der Waals surface area contributed by atoms with Gasteiger partial charge in [0, 0.05) is 6.07 Å². The fraction of sp³-hybridized carbons (Fsp3) is 0.174. The second kappa shape index (κ2) is 9.43. The van der Waals surface area contributed by atoms with Crippen LogP contribution in [0.3, 0.4) is 0 Å². The van der Waals surface area contributed by atoms with Gasteiger partial charge in [0.25, 0.3) is 0 Å². The van der Waals surface area contributed by atoms with Crippen LogP contribution in [0.5, 0.6) is 17.2 Å². The maximum Gasteiger partial charge on any atom is 0.335 e. The molecule has 4 heteroatoms. The molecule has 0 spiro atoms. The number of ether oxygens (including phenoxy) is 2. The first-order valence-electron chi connectivity index (χ1n) is 8.99. The minimum atomic E-state index is -0.979. The normalized spacial score (nSPS) is 10.4. The van der Waals surface area contributed by atoms with Crippen molar-refractivity contribution >= 4 is 5.97 Å². The predicted octanol–water partition coefficient (Wildman–Crippen LogP) is 5.58. The van der Waals surface area contributed by atoms with Gasteiger partial charge >= 0.3 is 5.97 Å². The molecule has 0 radical (unpaired) electrons. The van der Waals surface area contributed by atoms with E-state index in [2.05, 4.69) is 24.3 Å². The number of aromatic carboxylic acids is 1. The summed E-state index contributed by atoms with van der Waals surface area (Å²) in [5, 5.41) is 9.06. The monoisotopic (exact) mass is 362 g/mol. The van der Waals surface area contributed by atoms with E-state index in [-0.39, 0.29) is 5.56 Å². The van der Waals surface area contributed by atoms with Crippen LogP contribution in [0.25, 0.3) is 0 Å². The van der Waals surface area contributed by atoms with Gasteiger partial charge in [-0.3, -0.25) is 0 Å². The van der Waals surface area contributed by atoms with Crippen molar-refractivity contribution in [2.75, 3.05) is 6.61 Å². The number of rotatable bonds is 9. The maximum absolute atomic E-state index is 11.0. The van der Waals surface area contributed by atoms with Gasteiger partial charge in [0.2, 0.25) is 0 Å². The van der Waals surface area contributed by atoms with Gasteiger partial charge in [-0.25, -0.2) is 4.79 Å². The molecule has 1 N–H and O–H groups in total. The van der Waals surface area contributed by atoms with Crippen LogP contribution in [0.2, 0.25) is 0 Å². The fourth-order valence-corrected chi connectivity index (χ4v) is 2.72. The molecule has 3 aromatic carbocycles. The number of hydrogen-bond acceptors (Lipinski definition) is 3. The highest BCUT2D eigenvalue weighted by atomic mass is 16.5. The molecule has 27 heavy (non-hydrogen) atoms. The van der Waals surface area contributed by atoms with Gasteiger partial charge in [0.05, 0.1) is 12.2 Å². The Bertz CT molecular complexity index is 874. The van der Waals surface area contributed by atoms with E-state index in [1.54, 1.807) is 12.1 Å². The van der Waals surface area contributed by atoms with Crippen molar-refractivity contribution in [3.8, 4) is 17.2 Å². The van der Waals surface area contributed by atoms with E-state index in [0.29, 0.717) is 18.1 Å². The predicted molar refractivity (Wildman–Crippen MR) is 105 cm³/mol. The average molecular weight is 362 g/mol. The highest BCUT2D eigenvalue weighted by Gasteiger charge is 2.05. The number of unbranched alkanes of at least 4 members (excludes halogenated alkanes) is 1. The molecule has 0 fully saturated rings. The van der Waals surface area contributed by atoms with Crippen LogP contribution >= 0.6 is 0 Å². The summed E-state index contributed by atoms with van der Waals surface area (Å²) in [6, 6.07) is 24.2. The molecule has 3 aromatic rings. The third-order valence-electron chi connectivity index (χ3n) is 4.09. The molecule has 0 amide bonds. The van der Waals surface area contributed by atoms with Crippen molar-refractivity contribution in [3.05, 3.63) is 90.0 Å². The highest BCUT2D eigenvalue weighted by Crippen LogP contribution is 2.26. The van der Waals surface area contributed by atoms with E-state index >= 15 is 0 Å². The van der Waals surface area contributed by atoms with Crippen LogP contribution in [0.1, 0.15) is 28.8 Å². The first-order valence-corrected chi connectivity index (χ1v) is 8.99. The van der Waals surface area contributed by atoms with Gasteiger partial charge in [-0.2, -0.15) is 0 Å². The zero-order chi connectivity index (χ0) is 18.9. The maximum atomic E-state index is 11.0. The lowest BCUT2D eigenvalue weighted by molar-refractivity contribution is 0.0696. The van der Waals surface area contributed by atoms with Crippen LogP contribution in [-0.4, -0.2) is 17.7 Å². The largest absolute Gasteiger partial charge is 0.493 e. The molecule has 0 saturated heterocycles. The summed E-state index contributed by atoms with van der Waals surface area (Å²) in [5.41, 5.74) is 1.54. The third-order valence-corrected chi connectivity index (χ3v) is 4.09. The Morgan fingerprint density at radius 2 is 1.48 bits per heavy atom. The lowest BCUT2D eigenvalue weighted by Gasteiger charge is -2.10. The van der Waals surface area contributed by atoms with Crippen molar-refractivity contribution in [2.24, 2.45) is 0 Å². The molecule has 0 aliphatic heterocycles. The summed E-state index contributed by atoms with van der Waals surface area (Å²) in [6.45, 7) is 0.644. The molecular formula is C23H22O4. The highest BCUT2D eigenvalue weighted by molar-refractivity contribution is 5.88. The van der Waals surface area contributed by atoms with E-state index in [9.17, 15) is 4.79 Å². The molecule has 3 rings (SSSR count). The zero-order valence-corrected chi connectivity index (χ0v) is 15.0. The number of hydrogen-bond donors (Lipinski definition) is 1. The number of aryl methyl sites for hydroxylation is 1. The van der Waals surface area contributed by atoms with E-state index in [1.165, 1.54) is 17.7 Å². The molecule has 0 unspecified atom stereocenters. The van der Waals surface area contributed by atoms with Gasteiger partial charge in [-0.15, -0.1) is 0 Å². The molecular weight excluding hydrogens is 340 g/mol. The molecule has 0 aliphatic carbocycles. The number of carboxylic acid groups (broad SMARTS) is 1. The number of benzene rings is 3. The average Bonchev–Trinajstić information content (AvgIpc) is 2.69. The minimum absolute atomic E-state index is 0.193. The minimum Gasteiger partial charge on any atom is -0.493 e. The quantitative estimate of drug-likeness (QED) is 0.505. The van der Waals surface area contributed by atoms with Crippen LogP contribution < -0.4 is 9.47 Å². The van der Waals surface area contributed by atoms with Crippen LogP contribution in [0, 0.1) is 0 Å². The second-order valence-corrected chi connectivity index (χ2v) is 6.20. The lowest BCUT2D eigenvalue weighted by atomic mass is 10.1. The van der Waals surface area contributed by atoms with Crippen molar-refractivity contribution in [2.45, 2.75) is 19.3 Å². The molecule has 0 aliphatic rings. The van der Waals surface area contributed by atoms with Crippen molar-refractivity contribution in [1.29, 1.82) is 0 Å². The zero-order valence-electron chi connectivity index (χ0n) is 15.0. The first kappa shape index (κ1) is 18.5. The number of carboxylic acids is 1. The molecule has 0 bridgehead atoms. The Kier molecular flexibility index (Phi) is 6.47. The summed E-state index contributed by atoms with van der Waals surface area (Å²) >= 11 is 0. The van der Waals surface area contributed by atoms with Crippen molar-refractivity contribution < 1.29 is 19.4 Å². The Morgan fingerprint density at radius 3 is 2.26 bits per heavy atom. The molecule has 138 valence electrons. The van der Waals surface area contributed by atoms with Gasteiger partial charge in [0.15, 0.2) is 0 Å². The van der Waals surface area contributed by atoms with E-state index in [0.717, 1.165) is 25.0 Å². The summed E-state index contributed by atoms with van der Waals surface area (Å²) in [7, 11) is 0. The van der Waals surface area contributed by atoms with Gasteiger partial charge in [0.1, 0.15) is 17.2 Å². The van der Waals surface area contributed by atoms with E-state index in [1.807, 2.05) is 30.3 Å². The van der Waals surface area contributed by atoms with Gasteiger partial charge in [-0.05, 0) is 55.2 Å². The lowest BCUT2D eigenvalue weighted by Crippen LogP contribution is -1.99. The third kappa shape index (κ3) is 5.89. The molecule has 4 nitrogen and oxygen atoms in total. The first-order chi connectivity index (χ1) is 13.2. The Labute approximate surface area is 159 Å². The van der Waals surface area contributed by atoms with Crippen LogP contribution in [-0.2, 0) is 6.42 Å². The standard InChI is InChI=1S/C23H22O4/c24-23(25)19-11-6-13-21(16-19)27-22-14-7-12-20(17-22)26-15-5-4-10-18-8-2-1-3-9-18/h1-3,6-9,11-14,16-17H,4-5,10,15H2,(H,24,25). The topological polar surface area (TPSA) is 55.8 Å². The number of carbonyl (C=O) groups is 1. The Morgan fingerprint density at radius 1 is 0.778 bits per heavy atom. The van der Waals surface area contributed by atoms with Gasteiger partial charge < -0.3 is 14.6 Å². The van der Waals surface area contributed by atoms with Gasteiger partial charge in [-0.1, -0.05) is 42.5 Å². The summed E-state index contributed by atoms with van der Waals surface area (Å²) in [4.78, 5) is 11.0. The van der Waals surface area contributed by atoms with E-state index in [4.69, 9.17) is 14.6 Å². The Hall–Kier alpha value is -3.27. The smallest absolute Gasteiger partial charge is 0.335 e. The van der Waals surface area contributed by atoms with Crippen molar-refractivity contribution in [3.63, 3.8) is 0 Å². The fourth-order valence-electron chi connectivity index (χ4n) is 2.72. The molecule has 0 heterocycles. The summed E-state index contributed by atoms with van der Waals surface area (Å²) in [5.74, 6) is 0.851. The van der Waals surface area contributed by atoms with Crippen molar-refractivity contribution in [1.82, 2.24) is 0 Å². The van der Waals surface area contributed by atoms with E-state index < -0.39 is 5.97 Å². The van der Waals surface area contributed by atoms with Crippen LogP contribution in [0.4, 0.5) is 0 Å². The SMILES string of the molecule is O=C(O)c1cccc(Oc2cccc(OCCCCc3ccccc3)c2)c1.